The summed E-state index contributed by atoms with van der Waals surface area (Å²) in [5.74, 6) is 1.59. The first-order valence-corrected chi connectivity index (χ1v) is 9.87. The molecule has 0 aliphatic carbocycles. The van der Waals surface area contributed by atoms with E-state index in [4.69, 9.17) is 9.47 Å². The number of para-hydroxylation sites is 1. The lowest BCUT2D eigenvalue weighted by Gasteiger charge is -2.32. The van der Waals surface area contributed by atoms with Gasteiger partial charge in [0.1, 0.15) is 0 Å². The van der Waals surface area contributed by atoms with Crippen molar-refractivity contribution < 1.29 is 9.47 Å². The Morgan fingerprint density at radius 3 is 2.61 bits per heavy atom. The molecular weight excluding hydrogens is 348 g/mol. The van der Waals surface area contributed by atoms with Gasteiger partial charge in [0.05, 0.1) is 20.3 Å². The second-order valence-electron chi connectivity index (χ2n) is 7.42. The molecule has 4 rings (SSSR count). The minimum Gasteiger partial charge on any atom is -0.493 e. The lowest BCUT2D eigenvalue weighted by atomic mass is 9.99. The van der Waals surface area contributed by atoms with Crippen LogP contribution in [0.3, 0.4) is 0 Å². The summed E-state index contributed by atoms with van der Waals surface area (Å²) in [6.07, 6.45) is 3.31. The van der Waals surface area contributed by atoms with Gasteiger partial charge in [0, 0.05) is 37.1 Å². The first kappa shape index (κ1) is 18.6. The highest BCUT2D eigenvalue weighted by Gasteiger charge is 2.30. The highest BCUT2D eigenvalue weighted by molar-refractivity contribution is 5.50. The molecule has 146 valence electrons. The van der Waals surface area contributed by atoms with Crippen LogP contribution in [0.2, 0.25) is 0 Å². The van der Waals surface area contributed by atoms with Gasteiger partial charge in [-0.1, -0.05) is 42.0 Å². The molecule has 0 spiro atoms. The fourth-order valence-corrected chi connectivity index (χ4v) is 4.34. The van der Waals surface area contributed by atoms with Crippen LogP contribution < -0.4 is 9.47 Å². The van der Waals surface area contributed by atoms with Crippen LogP contribution in [-0.4, -0.2) is 30.2 Å². The molecular formula is C24H28N2O2. The Kier molecular flexibility index (Phi) is 5.40. The van der Waals surface area contributed by atoms with Crippen molar-refractivity contribution in [2.45, 2.75) is 32.5 Å². The maximum Gasteiger partial charge on any atom is 0.165 e. The monoisotopic (exact) mass is 376 g/mol. The second kappa shape index (κ2) is 8.11. The van der Waals surface area contributed by atoms with Crippen molar-refractivity contribution in [1.29, 1.82) is 0 Å². The van der Waals surface area contributed by atoms with Gasteiger partial charge >= 0.3 is 0 Å². The summed E-state index contributed by atoms with van der Waals surface area (Å²) in [6.45, 7) is 5.12. The maximum absolute atomic E-state index is 5.81. The minimum absolute atomic E-state index is 0.114. The molecule has 0 unspecified atom stereocenters. The van der Waals surface area contributed by atoms with Gasteiger partial charge in [-0.3, -0.25) is 4.90 Å². The zero-order valence-electron chi connectivity index (χ0n) is 16.9. The Morgan fingerprint density at radius 2 is 1.82 bits per heavy atom. The molecule has 1 aliphatic heterocycles. The van der Waals surface area contributed by atoms with Gasteiger partial charge in [0.25, 0.3) is 0 Å². The summed E-state index contributed by atoms with van der Waals surface area (Å²) < 4.78 is 13.8. The number of methoxy groups -OCH3 is 2. The fraction of sp³-hybridized carbons (Fsp3) is 0.333. The third-order valence-electron chi connectivity index (χ3n) is 5.55. The van der Waals surface area contributed by atoms with Crippen LogP contribution in [0.4, 0.5) is 0 Å². The predicted molar refractivity (Wildman–Crippen MR) is 112 cm³/mol. The van der Waals surface area contributed by atoms with Crippen molar-refractivity contribution in [3.8, 4) is 11.5 Å². The Bertz CT molecular complexity index is 947. The zero-order chi connectivity index (χ0) is 19.5. The molecule has 0 bridgehead atoms. The lowest BCUT2D eigenvalue weighted by Crippen LogP contribution is -2.30. The third kappa shape index (κ3) is 3.52. The molecule has 1 aromatic heterocycles. The van der Waals surface area contributed by atoms with E-state index in [0.717, 1.165) is 43.1 Å². The number of hydrogen-bond acceptors (Lipinski definition) is 3. The van der Waals surface area contributed by atoms with E-state index in [-0.39, 0.29) is 6.04 Å². The number of hydrogen-bond donors (Lipinski definition) is 0. The molecule has 2 aromatic carbocycles. The fourth-order valence-electron chi connectivity index (χ4n) is 4.34. The summed E-state index contributed by atoms with van der Waals surface area (Å²) in [6, 6.07) is 19.5. The zero-order valence-corrected chi connectivity index (χ0v) is 16.9. The van der Waals surface area contributed by atoms with E-state index in [2.05, 4.69) is 71.1 Å². The number of rotatable bonds is 5. The van der Waals surface area contributed by atoms with Gasteiger partial charge < -0.3 is 14.0 Å². The first-order valence-electron chi connectivity index (χ1n) is 9.87. The van der Waals surface area contributed by atoms with E-state index in [1.165, 1.54) is 16.8 Å². The second-order valence-corrected chi connectivity index (χ2v) is 7.42. The highest BCUT2D eigenvalue weighted by atomic mass is 16.5. The molecule has 3 aromatic rings. The van der Waals surface area contributed by atoms with Crippen LogP contribution in [0.25, 0.3) is 0 Å². The number of nitrogens with zero attached hydrogens (tertiary/aromatic N) is 2. The van der Waals surface area contributed by atoms with Crippen LogP contribution >= 0.6 is 0 Å². The van der Waals surface area contributed by atoms with Crippen molar-refractivity contribution >= 4 is 0 Å². The predicted octanol–water partition coefficient (Wildman–Crippen LogP) is 4.81. The van der Waals surface area contributed by atoms with Gasteiger partial charge in [-0.05, 0) is 37.1 Å². The molecule has 0 saturated heterocycles. The standard InChI is InChI=1S/C24H28N2O2/c1-18-8-4-9-19(16-18)17-26-15-7-14-25-13-6-11-21(25)23(26)20-10-5-12-22(27-2)24(20)28-3/h4-6,8-13,16,23H,7,14-15,17H2,1-3H3/t23-/m0/s1. The summed E-state index contributed by atoms with van der Waals surface area (Å²) >= 11 is 0. The molecule has 0 amide bonds. The maximum atomic E-state index is 5.81. The van der Waals surface area contributed by atoms with Crippen LogP contribution in [-0.2, 0) is 13.1 Å². The summed E-state index contributed by atoms with van der Waals surface area (Å²) in [7, 11) is 3.42. The molecule has 0 radical (unpaired) electrons. The van der Waals surface area contributed by atoms with Crippen molar-refractivity contribution in [2.75, 3.05) is 20.8 Å². The first-order chi connectivity index (χ1) is 13.7. The average Bonchev–Trinajstić information content (AvgIpc) is 3.09. The molecule has 28 heavy (non-hydrogen) atoms. The van der Waals surface area contributed by atoms with E-state index in [0.29, 0.717) is 0 Å². The van der Waals surface area contributed by atoms with Crippen LogP contribution in [0, 0.1) is 6.92 Å². The van der Waals surface area contributed by atoms with Crippen LogP contribution in [0.15, 0.2) is 60.8 Å². The number of fused-ring (bicyclic) bond motifs is 1. The largest absolute Gasteiger partial charge is 0.493 e. The minimum atomic E-state index is 0.114. The molecule has 0 fully saturated rings. The molecule has 4 nitrogen and oxygen atoms in total. The van der Waals surface area contributed by atoms with E-state index < -0.39 is 0 Å². The molecule has 2 heterocycles. The van der Waals surface area contributed by atoms with E-state index in [1.807, 2.05) is 6.07 Å². The van der Waals surface area contributed by atoms with Gasteiger partial charge in [0.15, 0.2) is 11.5 Å². The van der Waals surface area contributed by atoms with Gasteiger partial charge in [-0.15, -0.1) is 0 Å². The van der Waals surface area contributed by atoms with Gasteiger partial charge in [0.2, 0.25) is 0 Å². The normalized spacial score (nSPS) is 17.0. The number of aromatic nitrogens is 1. The third-order valence-corrected chi connectivity index (χ3v) is 5.55. The molecule has 1 atom stereocenters. The van der Waals surface area contributed by atoms with Gasteiger partial charge in [-0.2, -0.15) is 0 Å². The van der Waals surface area contributed by atoms with Crippen molar-refractivity contribution in [1.82, 2.24) is 9.47 Å². The van der Waals surface area contributed by atoms with Crippen LogP contribution in [0.1, 0.15) is 34.8 Å². The number of aryl methyl sites for hydroxylation is 2. The Morgan fingerprint density at radius 1 is 0.964 bits per heavy atom. The number of benzene rings is 2. The lowest BCUT2D eigenvalue weighted by molar-refractivity contribution is 0.215. The summed E-state index contributed by atoms with van der Waals surface area (Å²) in [4.78, 5) is 2.56. The van der Waals surface area contributed by atoms with Crippen molar-refractivity contribution in [2.24, 2.45) is 0 Å². The molecule has 0 saturated carbocycles. The van der Waals surface area contributed by atoms with E-state index >= 15 is 0 Å². The smallest absolute Gasteiger partial charge is 0.165 e. The quantitative estimate of drug-likeness (QED) is 0.639. The Balaban J connectivity index is 1.81. The van der Waals surface area contributed by atoms with Gasteiger partial charge in [-0.25, -0.2) is 0 Å². The van der Waals surface area contributed by atoms with Crippen molar-refractivity contribution in [3.05, 3.63) is 83.2 Å². The molecule has 1 aliphatic rings. The van der Waals surface area contributed by atoms with Crippen molar-refractivity contribution in [3.63, 3.8) is 0 Å². The molecule has 4 heteroatoms. The Hall–Kier alpha value is -2.72. The Labute approximate surface area is 167 Å². The topological polar surface area (TPSA) is 26.6 Å². The van der Waals surface area contributed by atoms with E-state index in [1.54, 1.807) is 14.2 Å². The SMILES string of the molecule is COc1cccc([C@H]2c3cccn3CCCN2Cc2cccc(C)c2)c1OC. The molecule has 0 N–H and O–H groups in total. The van der Waals surface area contributed by atoms with Crippen LogP contribution in [0.5, 0.6) is 11.5 Å². The average molecular weight is 377 g/mol. The number of ether oxygens (including phenoxy) is 2. The summed E-state index contributed by atoms with van der Waals surface area (Å²) in [5.41, 5.74) is 5.09. The highest BCUT2D eigenvalue weighted by Crippen LogP contribution is 2.41. The van der Waals surface area contributed by atoms with E-state index in [9.17, 15) is 0 Å². The summed E-state index contributed by atoms with van der Waals surface area (Å²) in [5, 5.41) is 0.